The molecular weight excluding hydrogens is 414 g/mol. The topological polar surface area (TPSA) is 92.1 Å². The van der Waals surface area contributed by atoms with Gasteiger partial charge in [0.1, 0.15) is 6.04 Å². The lowest BCUT2D eigenvalue weighted by molar-refractivity contribution is -0.113. The lowest BCUT2D eigenvalue weighted by Crippen LogP contribution is -2.31. The molecule has 4 rings (SSSR count). The zero-order chi connectivity index (χ0) is 23.5. The number of hydrogen-bond acceptors (Lipinski definition) is 5. The Bertz CT molecular complexity index is 1180. The van der Waals surface area contributed by atoms with Gasteiger partial charge in [-0.25, -0.2) is 4.68 Å². The molecule has 0 aliphatic carbocycles. The van der Waals surface area contributed by atoms with Crippen LogP contribution in [0.1, 0.15) is 61.7 Å². The zero-order valence-corrected chi connectivity index (χ0v) is 19.6. The molecular formula is C26H31N5O2. The van der Waals surface area contributed by atoms with E-state index in [1.807, 2.05) is 38.1 Å². The molecule has 172 valence electrons. The third-order valence-electron chi connectivity index (χ3n) is 6.01. The Hall–Kier alpha value is -3.45. The number of aromatic nitrogens is 3. The van der Waals surface area contributed by atoms with E-state index in [0.29, 0.717) is 36.1 Å². The first-order valence-electron chi connectivity index (χ1n) is 11.4. The van der Waals surface area contributed by atoms with Gasteiger partial charge < -0.3 is 15.7 Å². The first kappa shape index (κ1) is 22.7. The fourth-order valence-corrected chi connectivity index (χ4v) is 4.11. The van der Waals surface area contributed by atoms with E-state index in [2.05, 4.69) is 53.7 Å². The molecule has 3 N–H and O–H groups in total. The average molecular weight is 446 g/mol. The fourth-order valence-electron chi connectivity index (χ4n) is 4.11. The van der Waals surface area contributed by atoms with Crippen LogP contribution in [-0.2, 0) is 11.2 Å². The molecule has 0 saturated heterocycles. The molecule has 3 aromatic rings. The quantitative estimate of drug-likeness (QED) is 0.496. The average Bonchev–Trinajstić information content (AvgIpc) is 3.20. The van der Waals surface area contributed by atoms with Crippen molar-refractivity contribution >= 4 is 17.5 Å². The van der Waals surface area contributed by atoms with Crippen LogP contribution in [-0.4, -0.2) is 32.4 Å². The number of nitrogens with one attached hydrogen (secondary N) is 2. The SMILES string of the molecule is CC1=C(C(=O)Nc2ccccc2C)[C@H](c2ccc(C(C)C)cc2)n2nc(CCCO)nc2N1. The number of carbonyl (C=O) groups is 1. The number of carbonyl (C=O) groups excluding carboxylic acids is 1. The summed E-state index contributed by atoms with van der Waals surface area (Å²) in [6, 6.07) is 15.7. The Morgan fingerprint density at radius 1 is 1.15 bits per heavy atom. The van der Waals surface area contributed by atoms with E-state index < -0.39 is 6.04 Å². The maximum absolute atomic E-state index is 13.6. The first-order valence-corrected chi connectivity index (χ1v) is 11.4. The third kappa shape index (κ3) is 4.68. The van der Waals surface area contributed by atoms with Crippen molar-refractivity contribution in [3.05, 3.63) is 82.3 Å². The largest absolute Gasteiger partial charge is 0.396 e. The van der Waals surface area contributed by atoms with E-state index in [1.54, 1.807) is 4.68 Å². The molecule has 0 spiro atoms. The van der Waals surface area contributed by atoms with E-state index in [1.165, 1.54) is 5.56 Å². The summed E-state index contributed by atoms with van der Waals surface area (Å²) in [5.41, 5.74) is 5.33. The van der Waals surface area contributed by atoms with Gasteiger partial charge in [-0.3, -0.25) is 4.79 Å². The van der Waals surface area contributed by atoms with Crippen LogP contribution < -0.4 is 10.6 Å². The second kappa shape index (κ2) is 9.58. The standard InChI is InChI=1S/C26H31N5O2/c1-16(2)19-11-13-20(14-12-19)24-23(25(33)28-21-9-6-5-8-17(21)3)18(4)27-26-29-22(10-7-15-32)30-31(24)26/h5-6,8-9,11-14,16,24,32H,7,10,15H2,1-4H3,(H,28,33)(H,27,29,30)/t24-/m0/s1. The normalized spacial score (nSPS) is 15.4. The van der Waals surface area contributed by atoms with Gasteiger partial charge in [0.2, 0.25) is 5.95 Å². The predicted molar refractivity (Wildman–Crippen MR) is 130 cm³/mol. The Balaban J connectivity index is 1.76. The molecule has 7 nitrogen and oxygen atoms in total. The summed E-state index contributed by atoms with van der Waals surface area (Å²) < 4.78 is 1.79. The summed E-state index contributed by atoms with van der Waals surface area (Å²) in [7, 11) is 0. The van der Waals surface area contributed by atoms with Crippen molar-refractivity contribution in [1.82, 2.24) is 14.8 Å². The summed E-state index contributed by atoms with van der Waals surface area (Å²) in [5.74, 6) is 1.49. The number of aliphatic hydroxyl groups is 1. The first-order chi connectivity index (χ1) is 15.9. The van der Waals surface area contributed by atoms with Crippen LogP contribution >= 0.6 is 0 Å². The fraction of sp³-hybridized carbons (Fsp3) is 0.346. The van der Waals surface area contributed by atoms with E-state index in [4.69, 9.17) is 5.10 Å². The van der Waals surface area contributed by atoms with Crippen molar-refractivity contribution in [2.45, 2.75) is 52.5 Å². The number of anilines is 2. The van der Waals surface area contributed by atoms with Crippen molar-refractivity contribution in [2.75, 3.05) is 17.2 Å². The van der Waals surface area contributed by atoms with Crippen LogP contribution in [0.15, 0.2) is 59.8 Å². The summed E-state index contributed by atoms with van der Waals surface area (Å²) in [6.45, 7) is 8.27. The van der Waals surface area contributed by atoms with Crippen LogP contribution in [0.4, 0.5) is 11.6 Å². The Kier molecular flexibility index (Phi) is 6.60. The molecule has 7 heteroatoms. The number of amides is 1. The zero-order valence-electron chi connectivity index (χ0n) is 19.6. The van der Waals surface area contributed by atoms with Crippen LogP contribution in [0.5, 0.6) is 0 Å². The van der Waals surface area contributed by atoms with Crippen molar-refractivity contribution in [3.63, 3.8) is 0 Å². The molecule has 1 amide bonds. The molecule has 1 aliphatic heterocycles. The molecule has 1 aliphatic rings. The van der Waals surface area contributed by atoms with Gasteiger partial charge in [-0.15, -0.1) is 0 Å². The van der Waals surface area contributed by atoms with Gasteiger partial charge in [-0.05, 0) is 48.9 Å². The molecule has 33 heavy (non-hydrogen) atoms. The summed E-state index contributed by atoms with van der Waals surface area (Å²) in [4.78, 5) is 18.2. The minimum absolute atomic E-state index is 0.0821. The molecule has 1 aromatic heterocycles. The summed E-state index contributed by atoms with van der Waals surface area (Å²) in [6.07, 6.45) is 1.16. The van der Waals surface area contributed by atoms with Crippen LogP contribution in [0, 0.1) is 6.92 Å². The van der Waals surface area contributed by atoms with Gasteiger partial charge in [-0.1, -0.05) is 56.3 Å². The molecule has 1 atom stereocenters. The van der Waals surface area contributed by atoms with Crippen LogP contribution in [0.2, 0.25) is 0 Å². The van der Waals surface area contributed by atoms with Crippen LogP contribution in [0.3, 0.4) is 0 Å². The third-order valence-corrected chi connectivity index (χ3v) is 6.01. The molecule has 0 radical (unpaired) electrons. The van der Waals surface area contributed by atoms with E-state index in [9.17, 15) is 9.90 Å². The van der Waals surface area contributed by atoms with Gasteiger partial charge >= 0.3 is 0 Å². The van der Waals surface area contributed by atoms with Gasteiger partial charge in [0.25, 0.3) is 5.91 Å². The number of nitrogens with zero attached hydrogens (tertiary/aromatic N) is 3. The highest BCUT2D eigenvalue weighted by Crippen LogP contribution is 2.36. The lowest BCUT2D eigenvalue weighted by atomic mass is 9.92. The second-order valence-electron chi connectivity index (χ2n) is 8.78. The Labute approximate surface area is 194 Å². The van der Waals surface area contributed by atoms with Crippen LogP contribution in [0.25, 0.3) is 0 Å². The van der Waals surface area contributed by atoms with Crippen molar-refractivity contribution < 1.29 is 9.90 Å². The van der Waals surface area contributed by atoms with Gasteiger partial charge in [0.15, 0.2) is 5.82 Å². The van der Waals surface area contributed by atoms with Gasteiger partial charge in [0.05, 0.1) is 5.57 Å². The van der Waals surface area contributed by atoms with E-state index in [-0.39, 0.29) is 12.5 Å². The van der Waals surface area contributed by atoms with Crippen molar-refractivity contribution in [3.8, 4) is 0 Å². The molecule has 0 unspecified atom stereocenters. The van der Waals surface area contributed by atoms with Crippen molar-refractivity contribution in [2.24, 2.45) is 0 Å². The Morgan fingerprint density at radius 3 is 2.55 bits per heavy atom. The molecule has 0 saturated carbocycles. The maximum atomic E-state index is 13.6. The highest BCUT2D eigenvalue weighted by atomic mass is 16.3. The molecule has 0 fully saturated rings. The van der Waals surface area contributed by atoms with E-state index in [0.717, 1.165) is 22.5 Å². The minimum Gasteiger partial charge on any atom is -0.396 e. The lowest BCUT2D eigenvalue weighted by Gasteiger charge is -2.29. The number of benzene rings is 2. The highest BCUT2D eigenvalue weighted by molar-refractivity contribution is 6.06. The van der Waals surface area contributed by atoms with E-state index >= 15 is 0 Å². The monoisotopic (exact) mass is 445 g/mol. The minimum atomic E-state index is -0.415. The molecule has 0 bridgehead atoms. The summed E-state index contributed by atoms with van der Waals surface area (Å²) in [5, 5.41) is 20.3. The smallest absolute Gasteiger partial charge is 0.255 e. The number of fused-ring (bicyclic) bond motifs is 1. The summed E-state index contributed by atoms with van der Waals surface area (Å²) >= 11 is 0. The number of allylic oxidation sites excluding steroid dienone is 1. The van der Waals surface area contributed by atoms with Crippen molar-refractivity contribution in [1.29, 1.82) is 0 Å². The number of para-hydroxylation sites is 1. The van der Waals surface area contributed by atoms with Gasteiger partial charge in [-0.2, -0.15) is 10.1 Å². The molecule has 2 heterocycles. The number of rotatable bonds is 7. The number of aliphatic hydroxyl groups excluding tert-OH is 1. The Morgan fingerprint density at radius 2 is 1.88 bits per heavy atom. The van der Waals surface area contributed by atoms with Gasteiger partial charge in [0, 0.05) is 24.4 Å². The number of aryl methyl sites for hydroxylation is 2. The molecule has 2 aromatic carbocycles. The number of hydrogen-bond donors (Lipinski definition) is 3. The maximum Gasteiger partial charge on any atom is 0.255 e. The highest BCUT2D eigenvalue weighted by Gasteiger charge is 2.34. The predicted octanol–water partition coefficient (Wildman–Crippen LogP) is 4.56. The second-order valence-corrected chi connectivity index (χ2v) is 8.78.